The Labute approximate surface area is 142 Å². The van der Waals surface area contributed by atoms with Crippen molar-refractivity contribution in [3.05, 3.63) is 59.8 Å². The molecule has 3 aromatic rings. The molecule has 0 aliphatic carbocycles. The number of rotatable bonds is 8. The standard InChI is InChI=1S/C20H24N2O2/c1-23-17-10-15(11-18(12-17)24-2)13-21-9-5-6-16-14-22-20-8-4-3-7-19(16)20/h3-4,7-8,10-12,14,21-22H,5-6,9,13H2,1-2H3. The van der Waals surface area contributed by atoms with Gasteiger partial charge in [-0.15, -0.1) is 0 Å². The van der Waals surface area contributed by atoms with Gasteiger partial charge in [-0.3, -0.25) is 0 Å². The number of fused-ring (bicyclic) bond motifs is 1. The summed E-state index contributed by atoms with van der Waals surface area (Å²) in [6, 6.07) is 14.4. The number of aromatic amines is 1. The Balaban J connectivity index is 1.49. The fraction of sp³-hybridized carbons (Fsp3) is 0.300. The highest BCUT2D eigenvalue weighted by molar-refractivity contribution is 5.82. The number of hydrogen-bond donors (Lipinski definition) is 2. The van der Waals surface area contributed by atoms with Crippen LogP contribution in [0.25, 0.3) is 10.9 Å². The van der Waals surface area contributed by atoms with E-state index in [0.29, 0.717) is 0 Å². The lowest BCUT2D eigenvalue weighted by molar-refractivity contribution is 0.393. The average Bonchev–Trinajstić information content (AvgIpc) is 3.04. The quantitative estimate of drug-likeness (QED) is 0.618. The van der Waals surface area contributed by atoms with Crippen LogP contribution in [-0.4, -0.2) is 25.7 Å². The Hall–Kier alpha value is -2.46. The van der Waals surface area contributed by atoms with Gasteiger partial charge in [0.15, 0.2) is 0 Å². The number of nitrogens with one attached hydrogen (secondary N) is 2. The van der Waals surface area contributed by atoms with Crippen LogP contribution < -0.4 is 14.8 Å². The molecule has 24 heavy (non-hydrogen) atoms. The van der Waals surface area contributed by atoms with Gasteiger partial charge in [0.05, 0.1) is 14.2 Å². The number of methoxy groups -OCH3 is 2. The summed E-state index contributed by atoms with van der Waals surface area (Å²) in [5, 5.41) is 4.82. The van der Waals surface area contributed by atoms with E-state index in [9.17, 15) is 0 Å². The number of aryl methyl sites for hydroxylation is 1. The molecular weight excluding hydrogens is 300 g/mol. The summed E-state index contributed by atoms with van der Waals surface area (Å²) < 4.78 is 10.6. The zero-order valence-corrected chi connectivity index (χ0v) is 14.3. The second-order valence-corrected chi connectivity index (χ2v) is 5.86. The molecule has 0 unspecified atom stereocenters. The molecule has 0 aliphatic heterocycles. The van der Waals surface area contributed by atoms with Crippen molar-refractivity contribution < 1.29 is 9.47 Å². The molecule has 1 aromatic heterocycles. The fourth-order valence-corrected chi connectivity index (χ4v) is 2.94. The van der Waals surface area contributed by atoms with Crippen molar-refractivity contribution in [3.8, 4) is 11.5 Å². The number of hydrogen-bond acceptors (Lipinski definition) is 3. The molecule has 0 saturated heterocycles. The van der Waals surface area contributed by atoms with Crippen molar-refractivity contribution in [2.24, 2.45) is 0 Å². The first-order valence-corrected chi connectivity index (χ1v) is 8.28. The van der Waals surface area contributed by atoms with Gasteiger partial charge in [0.25, 0.3) is 0 Å². The summed E-state index contributed by atoms with van der Waals surface area (Å²) in [6.07, 6.45) is 4.29. The molecule has 2 aromatic carbocycles. The predicted molar refractivity (Wildman–Crippen MR) is 97.9 cm³/mol. The number of aromatic nitrogens is 1. The molecule has 0 bridgehead atoms. The SMILES string of the molecule is COc1cc(CNCCCc2c[nH]c3ccccc23)cc(OC)c1. The molecule has 0 radical (unpaired) electrons. The van der Waals surface area contributed by atoms with Crippen LogP contribution in [0.5, 0.6) is 11.5 Å². The minimum atomic E-state index is 0.807. The maximum absolute atomic E-state index is 5.30. The van der Waals surface area contributed by atoms with E-state index in [1.807, 2.05) is 18.2 Å². The van der Waals surface area contributed by atoms with Crippen LogP contribution in [0.3, 0.4) is 0 Å². The van der Waals surface area contributed by atoms with E-state index >= 15 is 0 Å². The lowest BCUT2D eigenvalue weighted by Crippen LogP contribution is -2.15. The van der Waals surface area contributed by atoms with Gasteiger partial charge >= 0.3 is 0 Å². The monoisotopic (exact) mass is 324 g/mol. The Morgan fingerprint density at radius 2 is 1.75 bits per heavy atom. The summed E-state index contributed by atoms with van der Waals surface area (Å²) in [7, 11) is 3.35. The first kappa shape index (κ1) is 16.4. The molecule has 0 fully saturated rings. The molecule has 1 heterocycles. The highest BCUT2D eigenvalue weighted by Crippen LogP contribution is 2.22. The topological polar surface area (TPSA) is 46.3 Å². The molecule has 126 valence electrons. The molecular formula is C20H24N2O2. The third-order valence-corrected chi connectivity index (χ3v) is 4.21. The lowest BCUT2D eigenvalue weighted by Gasteiger charge is -2.09. The van der Waals surface area contributed by atoms with Gasteiger partial charge in [-0.05, 0) is 48.7 Å². The van der Waals surface area contributed by atoms with E-state index in [-0.39, 0.29) is 0 Å². The maximum Gasteiger partial charge on any atom is 0.122 e. The first-order valence-electron chi connectivity index (χ1n) is 8.28. The summed E-state index contributed by atoms with van der Waals surface area (Å²) in [6.45, 7) is 1.78. The van der Waals surface area contributed by atoms with E-state index in [0.717, 1.165) is 37.4 Å². The van der Waals surface area contributed by atoms with Crippen LogP contribution in [0.2, 0.25) is 0 Å². The van der Waals surface area contributed by atoms with Gasteiger partial charge in [-0.1, -0.05) is 18.2 Å². The number of ether oxygens (including phenoxy) is 2. The highest BCUT2D eigenvalue weighted by Gasteiger charge is 2.04. The number of para-hydroxylation sites is 1. The molecule has 0 atom stereocenters. The van der Waals surface area contributed by atoms with Crippen molar-refractivity contribution in [2.45, 2.75) is 19.4 Å². The second-order valence-electron chi connectivity index (χ2n) is 5.86. The van der Waals surface area contributed by atoms with Gasteiger partial charge in [-0.25, -0.2) is 0 Å². The van der Waals surface area contributed by atoms with Crippen molar-refractivity contribution >= 4 is 10.9 Å². The number of benzene rings is 2. The Kier molecular flexibility index (Phi) is 5.39. The van der Waals surface area contributed by atoms with Crippen molar-refractivity contribution in [1.29, 1.82) is 0 Å². The largest absolute Gasteiger partial charge is 0.497 e. The summed E-state index contributed by atoms with van der Waals surface area (Å²) in [5.41, 5.74) is 3.76. The molecule has 4 nitrogen and oxygen atoms in total. The van der Waals surface area contributed by atoms with Gasteiger partial charge in [0.2, 0.25) is 0 Å². The second kappa shape index (κ2) is 7.88. The first-order chi connectivity index (χ1) is 11.8. The van der Waals surface area contributed by atoms with Crippen molar-refractivity contribution in [3.63, 3.8) is 0 Å². The minimum Gasteiger partial charge on any atom is -0.497 e. The molecule has 0 amide bonds. The zero-order chi connectivity index (χ0) is 16.8. The van der Waals surface area contributed by atoms with Gasteiger partial charge in [-0.2, -0.15) is 0 Å². The van der Waals surface area contributed by atoms with Gasteiger partial charge < -0.3 is 19.8 Å². The normalized spacial score (nSPS) is 10.9. The van der Waals surface area contributed by atoms with Crippen LogP contribution in [-0.2, 0) is 13.0 Å². The third kappa shape index (κ3) is 3.89. The predicted octanol–water partition coefficient (Wildman–Crippen LogP) is 3.91. The van der Waals surface area contributed by atoms with Crippen LogP contribution in [0.15, 0.2) is 48.7 Å². The van der Waals surface area contributed by atoms with Crippen LogP contribution in [0, 0.1) is 0 Å². The molecule has 3 rings (SSSR count). The van der Waals surface area contributed by atoms with E-state index in [1.165, 1.54) is 22.0 Å². The zero-order valence-electron chi connectivity index (χ0n) is 14.3. The molecule has 0 saturated carbocycles. The van der Waals surface area contributed by atoms with Crippen molar-refractivity contribution in [2.75, 3.05) is 20.8 Å². The lowest BCUT2D eigenvalue weighted by atomic mass is 10.1. The molecule has 0 spiro atoms. The Morgan fingerprint density at radius 3 is 2.50 bits per heavy atom. The Morgan fingerprint density at radius 1 is 1.00 bits per heavy atom. The highest BCUT2D eigenvalue weighted by atomic mass is 16.5. The number of H-pyrrole nitrogens is 1. The van der Waals surface area contributed by atoms with E-state index in [1.54, 1.807) is 14.2 Å². The van der Waals surface area contributed by atoms with Crippen LogP contribution in [0.1, 0.15) is 17.5 Å². The maximum atomic E-state index is 5.30. The van der Waals surface area contributed by atoms with Gasteiger partial charge in [0.1, 0.15) is 11.5 Å². The van der Waals surface area contributed by atoms with Crippen LogP contribution in [0.4, 0.5) is 0 Å². The average molecular weight is 324 g/mol. The summed E-state index contributed by atoms with van der Waals surface area (Å²) in [4.78, 5) is 3.33. The third-order valence-electron chi connectivity index (χ3n) is 4.21. The smallest absolute Gasteiger partial charge is 0.122 e. The fourth-order valence-electron chi connectivity index (χ4n) is 2.94. The molecule has 4 heteroatoms. The van der Waals surface area contributed by atoms with E-state index in [2.05, 4.69) is 40.8 Å². The Bertz CT molecular complexity index is 773. The van der Waals surface area contributed by atoms with E-state index in [4.69, 9.17) is 9.47 Å². The minimum absolute atomic E-state index is 0.807. The van der Waals surface area contributed by atoms with E-state index < -0.39 is 0 Å². The summed E-state index contributed by atoms with van der Waals surface area (Å²) >= 11 is 0. The molecule has 2 N–H and O–H groups in total. The van der Waals surface area contributed by atoms with Crippen LogP contribution >= 0.6 is 0 Å². The molecule has 0 aliphatic rings. The van der Waals surface area contributed by atoms with Gasteiger partial charge in [0, 0.05) is 29.7 Å². The summed E-state index contributed by atoms with van der Waals surface area (Å²) in [5.74, 6) is 1.65. The van der Waals surface area contributed by atoms with Crippen molar-refractivity contribution in [1.82, 2.24) is 10.3 Å².